The first-order chi connectivity index (χ1) is 17.3. The number of carbonyl (C=O) groups is 1. The number of aromatic nitrogens is 2. The van der Waals surface area contributed by atoms with E-state index in [0.717, 1.165) is 32.4 Å². The van der Waals surface area contributed by atoms with E-state index in [1.165, 1.54) is 6.07 Å². The summed E-state index contributed by atoms with van der Waals surface area (Å²) in [5.74, 6) is 1.95. The van der Waals surface area contributed by atoms with Gasteiger partial charge in [0, 0.05) is 38.1 Å². The molecule has 1 amide bonds. The largest absolute Gasteiger partial charge is 0.490 e. The summed E-state index contributed by atoms with van der Waals surface area (Å²) in [7, 11) is 0. The first-order valence-electron chi connectivity index (χ1n) is 13.0. The molecule has 1 aromatic heterocycles. The monoisotopic (exact) mass is 499 g/mol. The van der Waals surface area contributed by atoms with Crippen molar-refractivity contribution >= 4 is 12.0 Å². The second-order valence-corrected chi connectivity index (χ2v) is 10.3. The number of nitrogens with two attached hydrogens (primary N) is 1. The molecule has 2 saturated heterocycles. The Balaban J connectivity index is 1.21. The Labute approximate surface area is 213 Å². The van der Waals surface area contributed by atoms with Crippen molar-refractivity contribution in [1.29, 1.82) is 0 Å². The van der Waals surface area contributed by atoms with Gasteiger partial charge < -0.3 is 25.0 Å². The van der Waals surface area contributed by atoms with Crippen LogP contribution in [0.3, 0.4) is 0 Å². The lowest BCUT2D eigenvalue weighted by molar-refractivity contribution is 0.0597. The number of hydrogen-bond donors (Lipinski definition) is 1. The lowest BCUT2D eigenvalue weighted by atomic mass is 9.84. The predicted molar refractivity (Wildman–Crippen MR) is 137 cm³/mol. The van der Waals surface area contributed by atoms with Crippen LogP contribution in [0.5, 0.6) is 5.75 Å². The van der Waals surface area contributed by atoms with E-state index in [1.54, 1.807) is 24.5 Å². The Morgan fingerprint density at radius 3 is 2.50 bits per heavy atom. The number of anilines is 1. The van der Waals surface area contributed by atoms with Gasteiger partial charge in [0.2, 0.25) is 5.95 Å². The third-order valence-electron chi connectivity index (χ3n) is 7.35. The van der Waals surface area contributed by atoms with Gasteiger partial charge in [-0.15, -0.1) is 0 Å². The molecule has 3 atom stereocenters. The third-order valence-corrected chi connectivity index (χ3v) is 7.35. The smallest absolute Gasteiger partial charge is 0.410 e. The minimum atomic E-state index is -0.224. The van der Waals surface area contributed by atoms with Crippen LogP contribution >= 0.6 is 0 Å². The van der Waals surface area contributed by atoms with Gasteiger partial charge in [-0.1, -0.05) is 25.1 Å². The summed E-state index contributed by atoms with van der Waals surface area (Å²) in [5, 5.41) is 0. The number of piperidine rings is 1. The Morgan fingerprint density at radius 1 is 1.14 bits per heavy atom. The van der Waals surface area contributed by atoms with Crippen LogP contribution in [0.4, 0.5) is 15.1 Å². The van der Waals surface area contributed by atoms with Gasteiger partial charge in [0.05, 0.1) is 25.1 Å². The summed E-state index contributed by atoms with van der Waals surface area (Å²) < 4.78 is 25.5. The lowest BCUT2D eigenvalue weighted by Gasteiger charge is -2.34. The van der Waals surface area contributed by atoms with E-state index in [2.05, 4.69) is 16.9 Å². The summed E-state index contributed by atoms with van der Waals surface area (Å²) in [6.45, 7) is 9.22. The van der Waals surface area contributed by atoms with Crippen LogP contribution in [0.2, 0.25) is 0 Å². The standard InChI is InChI=1S/C27H38FN5O3/c1-18(2)36-27(34)32-11-8-20(9-12-32)19(3)10-13-35-21-14-30-26(31-15-21)33-16-23(25(29)17-33)22-6-4-5-7-24(22)28/h4-7,14-15,18-20,23,25H,8-13,16-17,29H2,1-3H3/t19-,23-,25+/m1/s1. The number of benzene rings is 1. The Morgan fingerprint density at radius 2 is 1.83 bits per heavy atom. The van der Waals surface area contributed by atoms with Crippen molar-refractivity contribution in [3.8, 4) is 5.75 Å². The van der Waals surface area contributed by atoms with E-state index in [4.69, 9.17) is 15.2 Å². The Hall–Kier alpha value is -2.94. The molecule has 0 unspecified atom stereocenters. The molecule has 8 nitrogen and oxygen atoms in total. The number of halogens is 1. The highest BCUT2D eigenvalue weighted by Gasteiger charge is 2.34. The summed E-state index contributed by atoms with van der Waals surface area (Å²) in [4.78, 5) is 24.8. The average Bonchev–Trinajstić information content (AvgIpc) is 3.25. The van der Waals surface area contributed by atoms with Gasteiger partial charge in [-0.3, -0.25) is 0 Å². The van der Waals surface area contributed by atoms with Gasteiger partial charge in [0.15, 0.2) is 5.75 Å². The third kappa shape index (κ3) is 6.43. The molecule has 2 fully saturated rings. The van der Waals surface area contributed by atoms with E-state index in [0.29, 0.717) is 48.8 Å². The fraction of sp³-hybridized carbons (Fsp3) is 0.593. The predicted octanol–water partition coefficient (Wildman–Crippen LogP) is 4.21. The molecule has 4 rings (SSSR count). The SMILES string of the molecule is CC(C)OC(=O)N1CCC([C@H](C)CCOc2cnc(N3C[C@H](c4ccccc4F)[C@@H](N)C3)nc2)CC1. The molecule has 9 heteroatoms. The zero-order chi connectivity index (χ0) is 25.7. The normalized spacial score (nSPS) is 21.6. The van der Waals surface area contributed by atoms with Gasteiger partial charge in [0.1, 0.15) is 5.82 Å². The molecule has 0 spiro atoms. The van der Waals surface area contributed by atoms with Crippen LogP contribution in [0.1, 0.15) is 51.5 Å². The molecule has 2 aliphatic rings. The molecule has 196 valence electrons. The van der Waals surface area contributed by atoms with Crippen molar-refractivity contribution in [3.63, 3.8) is 0 Å². The van der Waals surface area contributed by atoms with Crippen molar-refractivity contribution in [2.45, 2.75) is 58.1 Å². The zero-order valence-electron chi connectivity index (χ0n) is 21.5. The van der Waals surface area contributed by atoms with E-state index in [-0.39, 0.29) is 30.0 Å². The molecule has 36 heavy (non-hydrogen) atoms. The highest BCUT2D eigenvalue weighted by atomic mass is 19.1. The quantitative estimate of drug-likeness (QED) is 0.582. The fourth-order valence-corrected chi connectivity index (χ4v) is 5.17. The maximum Gasteiger partial charge on any atom is 0.410 e. The van der Waals surface area contributed by atoms with Crippen LogP contribution < -0.4 is 15.4 Å². The Bertz CT molecular complexity index is 997. The molecular formula is C27H38FN5O3. The highest BCUT2D eigenvalue weighted by Crippen LogP contribution is 2.31. The fourth-order valence-electron chi connectivity index (χ4n) is 5.17. The summed E-state index contributed by atoms with van der Waals surface area (Å²) >= 11 is 0. The molecule has 2 aliphatic heterocycles. The number of rotatable bonds is 8. The molecule has 0 aliphatic carbocycles. The van der Waals surface area contributed by atoms with Crippen molar-refractivity contribution < 1.29 is 18.7 Å². The molecule has 2 N–H and O–H groups in total. The van der Waals surface area contributed by atoms with E-state index in [1.807, 2.05) is 29.7 Å². The van der Waals surface area contributed by atoms with Crippen LogP contribution in [0.25, 0.3) is 0 Å². The van der Waals surface area contributed by atoms with Gasteiger partial charge in [-0.05, 0) is 56.6 Å². The minimum Gasteiger partial charge on any atom is -0.490 e. The molecule has 0 saturated carbocycles. The summed E-state index contributed by atoms with van der Waals surface area (Å²) in [5.41, 5.74) is 6.96. The van der Waals surface area contributed by atoms with Crippen molar-refractivity contribution in [1.82, 2.24) is 14.9 Å². The van der Waals surface area contributed by atoms with Crippen LogP contribution in [0.15, 0.2) is 36.7 Å². The summed E-state index contributed by atoms with van der Waals surface area (Å²) in [6, 6.07) is 6.61. The van der Waals surface area contributed by atoms with Gasteiger partial charge in [0.25, 0.3) is 0 Å². The van der Waals surface area contributed by atoms with E-state index < -0.39 is 0 Å². The molecule has 2 aromatic rings. The second-order valence-electron chi connectivity index (χ2n) is 10.3. The van der Waals surface area contributed by atoms with E-state index >= 15 is 0 Å². The maximum atomic E-state index is 14.2. The van der Waals surface area contributed by atoms with Crippen LogP contribution in [-0.4, -0.2) is 65.9 Å². The number of likely N-dealkylation sites (tertiary alicyclic amines) is 1. The van der Waals surface area contributed by atoms with E-state index in [9.17, 15) is 9.18 Å². The maximum absolute atomic E-state index is 14.2. The van der Waals surface area contributed by atoms with Gasteiger partial charge >= 0.3 is 6.09 Å². The molecular weight excluding hydrogens is 461 g/mol. The molecule has 0 bridgehead atoms. The lowest BCUT2D eigenvalue weighted by Crippen LogP contribution is -2.41. The van der Waals surface area contributed by atoms with Crippen molar-refractivity contribution in [3.05, 3.63) is 48.0 Å². The van der Waals surface area contributed by atoms with Gasteiger partial charge in [-0.25, -0.2) is 19.2 Å². The topological polar surface area (TPSA) is 93.8 Å². The van der Waals surface area contributed by atoms with Crippen LogP contribution in [-0.2, 0) is 4.74 Å². The number of hydrogen-bond acceptors (Lipinski definition) is 7. The van der Waals surface area contributed by atoms with Gasteiger partial charge in [-0.2, -0.15) is 0 Å². The highest BCUT2D eigenvalue weighted by molar-refractivity contribution is 5.67. The summed E-state index contributed by atoms with van der Waals surface area (Å²) in [6.07, 6.45) is 5.97. The zero-order valence-corrected chi connectivity index (χ0v) is 21.5. The number of amides is 1. The van der Waals surface area contributed by atoms with Crippen molar-refractivity contribution in [2.75, 3.05) is 37.7 Å². The number of ether oxygens (including phenoxy) is 2. The number of nitrogens with zero attached hydrogens (tertiary/aromatic N) is 4. The number of carbonyl (C=O) groups excluding carboxylic acids is 1. The molecule has 3 heterocycles. The Kier molecular flexibility index (Phi) is 8.61. The molecule has 1 aromatic carbocycles. The minimum absolute atomic E-state index is 0.0898. The average molecular weight is 500 g/mol. The van der Waals surface area contributed by atoms with Crippen LogP contribution in [0, 0.1) is 17.7 Å². The van der Waals surface area contributed by atoms with Crippen molar-refractivity contribution in [2.24, 2.45) is 17.6 Å². The molecule has 0 radical (unpaired) electrons. The first kappa shape index (κ1) is 26.1. The second kappa shape index (κ2) is 11.9. The first-order valence-corrected chi connectivity index (χ1v) is 13.0.